The monoisotopic (exact) mass is 366 g/mol. The number of hydrogen-bond acceptors (Lipinski definition) is 4. The summed E-state index contributed by atoms with van der Waals surface area (Å²) in [5.74, 6) is 0.311. The molecule has 1 aromatic carbocycles. The van der Waals surface area contributed by atoms with Gasteiger partial charge in [-0.15, -0.1) is 12.4 Å². The minimum atomic E-state index is -0.679. The molecule has 0 atom stereocenters. The van der Waals surface area contributed by atoms with Gasteiger partial charge in [0.2, 0.25) is 0 Å². The van der Waals surface area contributed by atoms with E-state index >= 15 is 0 Å². The van der Waals surface area contributed by atoms with Gasteiger partial charge in [-0.05, 0) is 38.8 Å². The van der Waals surface area contributed by atoms with E-state index in [1.165, 1.54) is 0 Å². The Morgan fingerprint density at radius 2 is 1.72 bits per heavy atom. The van der Waals surface area contributed by atoms with Crippen molar-refractivity contribution in [1.29, 1.82) is 0 Å². The summed E-state index contributed by atoms with van der Waals surface area (Å²) in [6, 6.07) is 9.45. The second kappa shape index (κ2) is 8.79. The van der Waals surface area contributed by atoms with Crippen LogP contribution in [0.1, 0.15) is 36.0 Å². The van der Waals surface area contributed by atoms with Crippen LogP contribution < -0.4 is 5.32 Å². The van der Waals surface area contributed by atoms with E-state index in [1.54, 1.807) is 7.11 Å². The number of piperidine rings is 2. The molecule has 138 valence electrons. The first kappa shape index (κ1) is 19.9. The highest BCUT2D eigenvalue weighted by atomic mass is 35.5. The fourth-order valence-corrected chi connectivity index (χ4v) is 3.81. The van der Waals surface area contributed by atoms with Crippen LogP contribution in [0.15, 0.2) is 30.3 Å². The number of ether oxygens (including phenoxy) is 1. The molecule has 0 radical (unpaired) electrons. The van der Waals surface area contributed by atoms with Gasteiger partial charge in [-0.2, -0.15) is 0 Å². The van der Waals surface area contributed by atoms with E-state index in [1.807, 2.05) is 35.2 Å². The Kier molecular flexibility index (Phi) is 6.99. The Morgan fingerprint density at radius 3 is 2.28 bits per heavy atom. The topological polar surface area (TPSA) is 58.6 Å². The molecule has 0 aliphatic carbocycles. The Balaban J connectivity index is 0.00000225. The number of amides is 1. The van der Waals surface area contributed by atoms with Crippen molar-refractivity contribution < 1.29 is 14.3 Å². The van der Waals surface area contributed by atoms with E-state index in [9.17, 15) is 9.59 Å². The minimum absolute atomic E-state index is 0. The van der Waals surface area contributed by atoms with Crippen LogP contribution in [0.3, 0.4) is 0 Å². The molecule has 0 bridgehead atoms. The average Bonchev–Trinajstić information content (AvgIpc) is 2.68. The second-order valence-corrected chi connectivity index (χ2v) is 6.75. The van der Waals surface area contributed by atoms with Gasteiger partial charge in [0, 0.05) is 31.7 Å². The van der Waals surface area contributed by atoms with Crippen molar-refractivity contribution >= 4 is 24.1 Å². The number of likely N-dealkylation sites (tertiary alicyclic amines) is 1. The van der Waals surface area contributed by atoms with Crippen LogP contribution in [-0.2, 0) is 9.53 Å². The van der Waals surface area contributed by atoms with Crippen LogP contribution >= 0.6 is 12.4 Å². The molecule has 2 saturated heterocycles. The van der Waals surface area contributed by atoms with Gasteiger partial charge in [-0.25, -0.2) is 0 Å². The molecule has 1 N–H and O–H groups in total. The number of methoxy groups -OCH3 is 1. The Bertz CT molecular complexity index is 580. The molecule has 2 aliphatic heterocycles. The zero-order valence-corrected chi connectivity index (χ0v) is 15.5. The van der Waals surface area contributed by atoms with Crippen LogP contribution in [0.2, 0.25) is 0 Å². The Morgan fingerprint density at radius 1 is 1.12 bits per heavy atom. The normalized spacial score (nSPS) is 20.6. The van der Waals surface area contributed by atoms with Crippen molar-refractivity contribution in [3.8, 4) is 0 Å². The molecule has 2 fully saturated rings. The molecule has 1 amide bonds. The number of nitrogens with zero attached hydrogens (tertiary/aromatic N) is 1. The predicted octanol–water partition coefficient (Wildman–Crippen LogP) is 2.30. The first-order valence-corrected chi connectivity index (χ1v) is 8.81. The van der Waals surface area contributed by atoms with Crippen LogP contribution in [0.5, 0.6) is 0 Å². The molecule has 5 nitrogen and oxygen atoms in total. The Hall–Kier alpha value is -1.43. The maximum Gasteiger partial charge on any atom is 0.254 e. The number of ketones is 1. The van der Waals surface area contributed by atoms with E-state index < -0.39 is 5.60 Å². The van der Waals surface area contributed by atoms with Gasteiger partial charge < -0.3 is 15.0 Å². The zero-order valence-electron chi connectivity index (χ0n) is 14.7. The molecule has 0 aromatic heterocycles. The quantitative estimate of drug-likeness (QED) is 0.831. The van der Waals surface area contributed by atoms with Gasteiger partial charge in [-0.3, -0.25) is 9.59 Å². The zero-order chi connectivity index (χ0) is 17.0. The molecule has 2 heterocycles. The molecule has 1 aromatic rings. The van der Waals surface area contributed by atoms with Gasteiger partial charge in [0.1, 0.15) is 5.60 Å². The SMILES string of the molecule is COC1(C(=O)N2CCC(C(=O)c3ccccc3)CC2)CCNCC1.Cl. The molecule has 3 rings (SSSR count). The van der Waals surface area contributed by atoms with Crippen LogP contribution in [0, 0.1) is 5.92 Å². The van der Waals surface area contributed by atoms with Crippen LogP contribution in [-0.4, -0.2) is 55.5 Å². The van der Waals surface area contributed by atoms with Gasteiger partial charge in [0.25, 0.3) is 5.91 Å². The highest BCUT2D eigenvalue weighted by Gasteiger charge is 2.43. The fourth-order valence-electron chi connectivity index (χ4n) is 3.81. The lowest BCUT2D eigenvalue weighted by Gasteiger charge is -2.41. The highest BCUT2D eigenvalue weighted by molar-refractivity contribution is 5.98. The van der Waals surface area contributed by atoms with Crippen molar-refractivity contribution in [2.75, 3.05) is 33.3 Å². The summed E-state index contributed by atoms with van der Waals surface area (Å²) >= 11 is 0. The van der Waals surface area contributed by atoms with Gasteiger partial charge in [0.15, 0.2) is 5.78 Å². The number of benzene rings is 1. The first-order valence-electron chi connectivity index (χ1n) is 8.81. The van der Waals surface area contributed by atoms with Gasteiger partial charge in [0.05, 0.1) is 0 Å². The molecule has 0 spiro atoms. The molecule has 25 heavy (non-hydrogen) atoms. The standard InChI is InChI=1S/C19H26N2O3.ClH/c1-24-19(9-11-20-12-10-19)18(23)21-13-7-16(8-14-21)17(22)15-5-3-2-4-6-15;/h2-6,16,20H,7-14H2,1H3;1H. The second-order valence-electron chi connectivity index (χ2n) is 6.75. The number of rotatable bonds is 4. The maximum atomic E-state index is 12.9. The third-order valence-corrected chi connectivity index (χ3v) is 5.40. The average molecular weight is 367 g/mol. The smallest absolute Gasteiger partial charge is 0.254 e. The number of Topliss-reactive ketones (excluding diaryl/α,β-unsaturated/α-hetero) is 1. The van der Waals surface area contributed by atoms with E-state index in [0.717, 1.165) is 31.5 Å². The number of carbonyl (C=O) groups excluding carboxylic acids is 2. The summed E-state index contributed by atoms with van der Waals surface area (Å²) in [6.45, 7) is 2.90. The fraction of sp³-hybridized carbons (Fsp3) is 0.579. The summed E-state index contributed by atoms with van der Waals surface area (Å²) in [7, 11) is 1.63. The Labute approximate surface area is 155 Å². The summed E-state index contributed by atoms with van der Waals surface area (Å²) in [4.78, 5) is 27.4. The van der Waals surface area contributed by atoms with Gasteiger partial charge in [-0.1, -0.05) is 30.3 Å². The molecule has 0 saturated carbocycles. The number of hydrogen-bond donors (Lipinski definition) is 1. The minimum Gasteiger partial charge on any atom is -0.368 e. The third kappa shape index (κ3) is 4.22. The van der Waals surface area contributed by atoms with Crippen molar-refractivity contribution in [2.45, 2.75) is 31.3 Å². The summed E-state index contributed by atoms with van der Waals surface area (Å²) in [5, 5.41) is 3.28. The molecular formula is C19H27ClN2O3. The van der Waals surface area contributed by atoms with Crippen LogP contribution in [0.4, 0.5) is 0 Å². The highest BCUT2D eigenvalue weighted by Crippen LogP contribution is 2.29. The number of nitrogens with one attached hydrogen (secondary N) is 1. The summed E-state index contributed by atoms with van der Waals surface area (Å²) < 4.78 is 5.64. The molecule has 6 heteroatoms. The first-order chi connectivity index (χ1) is 11.7. The number of carbonyl (C=O) groups is 2. The lowest BCUT2D eigenvalue weighted by molar-refractivity contribution is -0.159. The van der Waals surface area contributed by atoms with E-state index in [4.69, 9.17) is 4.74 Å². The molecular weight excluding hydrogens is 340 g/mol. The van der Waals surface area contributed by atoms with Crippen LogP contribution in [0.25, 0.3) is 0 Å². The summed E-state index contributed by atoms with van der Waals surface area (Å²) in [5.41, 5.74) is 0.0932. The van der Waals surface area contributed by atoms with E-state index in [2.05, 4.69) is 5.32 Å². The third-order valence-electron chi connectivity index (χ3n) is 5.40. The maximum absolute atomic E-state index is 12.9. The lowest BCUT2D eigenvalue weighted by Crippen LogP contribution is -2.56. The largest absolute Gasteiger partial charge is 0.368 e. The summed E-state index contributed by atoms with van der Waals surface area (Å²) in [6.07, 6.45) is 2.89. The van der Waals surface area contributed by atoms with Crippen molar-refractivity contribution in [2.24, 2.45) is 5.92 Å². The number of halogens is 1. The predicted molar refractivity (Wildman–Crippen MR) is 99.2 cm³/mol. The van der Waals surface area contributed by atoms with Crippen molar-refractivity contribution in [3.05, 3.63) is 35.9 Å². The van der Waals surface area contributed by atoms with Gasteiger partial charge >= 0.3 is 0 Å². The molecule has 2 aliphatic rings. The van der Waals surface area contributed by atoms with Crippen molar-refractivity contribution in [3.63, 3.8) is 0 Å². The van der Waals surface area contributed by atoms with E-state index in [-0.39, 0.29) is 30.0 Å². The molecule has 0 unspecified atom stereocenters. The lowest BCUT2D eigenvalue weighted by atomic mass is 9.86. The van der Waals surface area contributed by atoms with Crippen molar-refractivity contribution in [1.82, 2.24) is 10.2 Å². The van der Waals surface area contributed by atoms with E-state index in [0.29, 0.717) is 25.9 Å².